The van der Waals surface area contributed by atoms with Crippen LogP contribution >= 0.6 is 46.4 Å². The fraction of sp³-hybridized carbons (Fsp3) is 0.194. The number of esters is 1. The van der Waals surface area contributed by atoms with Crippen molar-refractivity contribution in [2.75, 3.05) is 6.54 Å². The Kier molecular flexibility index (Phi) is 7.81. The molecule has 0 spiro atoms. The number of carbonyl (C=O) groups excluding carboxylic acids is 5. The molecule has 3 amide bonds. The van der Waals surface area contributed by atoms with E-state index >= 15 is 0 Å². The summed E-state index contributed by atoms with van der Waals surface area (Å²) < 4.78 is 5.36. The standard InChI is InChI=1S/C31H20Cl4N2O6/c32-18-5-9-21(23(34)12-18)28(39)36(37-29(40)26-16-1-2-17(11-16)27(26)30(37)41)14-25(38)15-3-7-20(8-4-15)43-31(42)22-10-6-19(33)13-24(22)35/h1-10,12-13,16-17,26-27H,11,14H2/t16-,17-,26+,27+/m0/s1. The zero-order chi connectivity index (χ0) is 30.6. The third-order valence-electron chi connectivity index (χ3n) is 7.92. The second-order valence-corrected chi connectivity index (χ2v) is 12.1. The fourth-order valence-electron chi connectivity index (χ4n) is 5.91. The first-order valence-corrected chi connectivity index (χ1v) is 14.7. The van der Waals surface area contributed by atoms with Gasteiger partial charge in [-0.15, -0.1) is 0 Å². The van der Waals surface area contributed by atoms with Crippen molar-refractivity contribution in [3.05, 3.63) is 110 Å². The molecule has 3 aromatic carbocycles. The molecule has 1 saturated carbocycles. The quantitative estimate of drug-likeness (QED) is 0.0937. The molecule has 0 aromatic heterocycles. The number of rotatable bonds is 7. The normalized spacial score (nSPS) is 21.7. The molecule has 2 fully saturated rings. The summed E-state index contributed by atoms with van der Waals surface area (Å²) in [5.41, 5.74) is 0.223. The molecule has 1 heterocycles. The minimum atomic E-state index is -0.803. The van der Waals surface area contributed by atoms with Gasteiger partial charge in [0, 0.05) is 15.6 Å². The average Bonchev–Trinajstić information content (AvgIpc) is 3.65. The number of fused-ring (bicyclic) bond motifs is 5. The molecule has 2 aliphatic carbocycles. The summed E-state index contributed by atoms with van der Waals surface area (Å²) in [6.07, 6.45) is 4.57. The zero-order valence-corrected chi connectivity index (χ0v) is 25.0. The number of benzene rings is 3. The molecule has 12 heteroatoms. The molecule has 218 valence electrons. The lowest BCUT2D eigenvalue weighted by Gasteiger charge is -2.31. The van der Waals surface area contributed by atoms with Crippen LogP contribution in [0.5, 0.6) is 5.75 Å². The van der Waals surface area contributed by atoms with E-state index in [2.05, 4.69) is 0 Å². The number of hydrogen-bond donors (Lipinski definition) is 0. The van der Waals surface area contributed by atoms with Crippen molar-refractivity contribution in [3.8, 4) is 5.75 Å². The van der Waals surface area contributed by atoms with Crippen molar-refractivity contribution in [3.63, 3.8) is 0 Å². The first-order chi connectivity index (χ1) is 20.5. The van der Waals surface area contributed by atoms with Crippen LogP contribution in [0.25, 0.3) is 0 Å². The van der Waals surface area contributed by atoms with E-state index in [9.17, 15) is 24.0 Å². The molecule has 3 aromatic rings. The number of nitrogens with zero attached hydrogens (tertiary/aromatic N) is 2. The molecule has 2 bridgehead atoms. The average molecular weight is 658 g/mol. The van der Waals surface area contributed by atoms with E-state index in [0.29, 0.717) is 11.4 Å². The number of halogens is 4. The molecule has 1 saturated heterocycles. The first-order valence-electron chi connectivity index (χ1n) is 13.2. The van der Waals surface area contributed by atoms with Gasteiger partial charge < -0.3 is 4.74 Å². The minimum Gasteiger partial charge on any atom is -0.423 e. The molecule has 8 nitrogen and oxygen atoms in total. The van der Waals surface area contributed by atoms with Crippen molar-refractivity contribution in [1.82, 2.24) is 10.0 Å². The Balaban J connectivity index is 1.25. The van der Waals surface area contributed by atoms with Gasteiger partial charge in [-0.1, -0.05) is 58.6 Å². The largest absolute Gasteiger partial charge is 0.423 e. The summed E-state index contributed by atoms with van der Waals surface area (Å²) in [5, 5.41) is 2.43. The summed E-state index contributed by atoms with van der Waals surface area (Å²) in [7, 11) is 0. The Labute approximate surface area is 265 Å². The number of ketones is 1. The zero-order valence-electron chi connectivity index (χ0n) is 22.0. The molecule has 0 N–H and O–H groups in total. The second-order valence-electron chi connectivity index (χ2n) is 10.4. The van der Waals surface area contributed by atoms with Crippen LogP contribution < -0.4 is 4.74 Å². The number of Topliss-reactive ketones (excluding diaryl/α,β-unsaturated/α-hetero) is 1. The van der Waals surface area contributed by atoms with Gasteiger partial charge in [-0.05, 0) is 78.9 Å². The molecule has 43 heavy (non-hydrogen) atoms. The van der Waals surface area contributed by atoms with Crippen LogP contribution in [0.4, 0.5) is 0 Å². The van der Waals surface area contributed by atoms with Crippen LogP contribution in [0.1, 0.15) is 37.5 Å². The van der Waals surface area contributed by atoms with Crippen molar-refractivity contribution in [2.24, 2.45) is 23.7 Å². The van der Waals surface area contributed by atoms with Crippen molar-refractivity contribution in [1.29, 1.82) is 0 Å². The maximum atomic E-state index is 13.8. The van der Waals surface area contributed by atoms with E-state index < -0.39 is 47.9 Å². The lowest BCUT2D eigenvalue weighted by Crippen LogP contribution is -2.52. The van der Waals surface area contributed by atoms with Crippen LogP contribution in [0.15, 0.2) is 72.8 Å². The molecule has 1 aliphatic heterocycles. The van der Waals surface area contributed by atoms with Crippen LogP contribution in [0, 0.1) is 23.7 Å². The molecular formula is C31H20Cl4N2O6. The van der Waals surface area contributed by atoms with E-state index in [0.717, 1.165) is 10.0 Å². The SMILES string of the molecule is O=C(CN(C(=O)c1ccc(Cl)cc1Cl)N1C(=O)[C@H]2[C@H](C1=O)[C@H]1C=C[C@H]2C1)c1ccc(OC(=O)c2ccc(Cl)cc2Cl)cc1. The predicted octanol–water partition coefficient (Wildman–Crippen LogP) is 6.57. The highest BCUT2D eigenvalue weighted by Crippen LogP contribution is 2.52. The molecule has 0 radical (unpaired) electrons. The van der Waals surface area contributed by atoms with Gasteiger partial charge in [0.25, 0.3) is 17.7 Å². The highest BCUT2D eigenvalue weighted by atomic mass is 35.5. The Morgan fingerprint density at radius 2 is 1.30 bits per heavy atom. The lowest BCUT2D eigenvalue weighted by atomic mass is 9.85. The highest BCUT2D eigenvalue weighted by molar-refractivity contribution is 6.37. The maximum Gasteiger partial charge on any atom is 0.345 e. The maximum absolute atomic E-state index is 13.8. The fourth-order valence-corrected chi connectivity index (χ4v) is 6.89. The molecule has 6 rings (SSSR count). The smallest absolute Gasteiger partial charge is 0.345 e. The van der Waals surface area contributed by atoms with Crippen LogP contribution in [0.2, 0.25) is 20.1 Å². The topological polar surface area (TPSA) is 101 Å². The number of imide groups is 1. The van der Waals surface area contributed by atoms with E-state index in [1.165, 1.54) is 60.7 Å². The van der Waals surface area contributed by atoms with Crippen LogP contribution in [0.3, 0.4) is 0 Å². The monoisotopic (exact) mass is 656 g/mol. The summed E-state index contributed by atoms with van der Waals surface area (Å²) in [5.74, 6) is -4.39. The number of carbonyl (C=O) groups is 5. The molecule has 3 aliphatic rings. The Hall–Kier alpha value is -3.69. The van der Waals surface area contributed by atoms with Gasteiger partial charge in [0.2, 0.25) is 0 Å². The minimum absolute atomic E-state index is 0.00272. The third-order valence-corrected chi connectivity index (χ3v) is 9.01. The summed E-state index contributed by atoms with van der Waals surface area (Å²) in [4.78, 5) is 67.0. The predicted molar refractivity (Wildman–Crippen MR) is 159 cm³/mol. The number of amides is 3. The lowest BCUT2D eigenvalue weighted by molar-refractivity contribution is -0.154. The van der Waals surface area contributed by atoms with Gasteiger partial charge in [-0.25, -0.2) is 9.80 Å². The van der Waals surface area contributed by atoms with Gasteiger partial charge in [-0.2, -0.15) is 5.01 Å². The molecule has 0 unspecified atom stereocenters. The van der Waals surface area contributed by atoms with E-state index in [1.54, 1.807) is 0 Å². The van der Waals surface area contributed by atoms with Gasteiger partial charge in [0.15, 0.2) is 5.78 Å². The van der Waals surface area contributed by atoms with E-state index in [-0.39, 0.29) is 49.3 Å². The Morgan fingerprint density at radius 3 is 1.84 bits per heavy atom. The van der Waals surface area contributed by atoms with Crippen molar-refractivity contribution < 1.29 is 28.7 Å². The second kappa shape index (κ2) is 11.4. The van der Waals surface area contributed by atoms with Gasteiger partial charge >= 0.3 is 5.97 Å². The summed E-state index contributed by atoms with van der Waals surface area (Å²) >= 11 is 24.3. The summed E-state index contributed by atoms with van der Waals surface area (Å²) in [6, 6.07) is 14.1. The number of hydrazine groups is 1. The van der Waals surface area contributed by atoms with Crippen molar-refractivity contribution in [2.45, 2.75) is 6.42 Å². The Bertz CT molecular complexity index is 1710. The van der Waals surface area contributed by atoms with E-state index in [4.69, 9.17) is 51.1 Å². The first kappa shape index (κ1) is 29.4. The van der Waals surface area contributed by atoms with Crippen molar-refractivity contribution >= 4 is 75.9 Å². The summed E-state index contributed by atoms with van der Waals surface area (Å²) in [6.45, 7) is -0.628. The third kappa shape index (κ3) is 5.33. The van der Waals surface area contributed by atoms with Gasteiger partial charge in [0.1, 0.15) is 12.3 Å². The molecule has 4 atom stereocenters. The Morgan fingerprint density at radius 1 is 0.767 bits per heavy atom. The van der Waals surface area contributed by atoms with Gasteiger partial charge in [-0.3, -0.25) is 19.2 Å². The van der Waals surface area contributed by atoms with Gasteiger partial charge in [0.05, 0.1) is 33.0 Å². The number of ether oxygens (including phenoxy) is 1. The highest BCUT2D eigenvalue weighted by Gasteiger charge is 2.61. The van der Waals surface area contributed by atoms with Crippen LogP contribution in [-0.4, -0.2) is 46.0 Å². The molecular weight excluding hydrogens is 638 g/mol. The number of allylic oxidation sites excluding steroid dienone is 2. The van der Waals surface area contributed by atoms with E-state index in [1.807, 2.05) is 12.2 Å². The number of hydrogen-bond acceptors (Lipinski definition) is 6. The van der Waals surface area contributed by atoms with Crippen LogP contribution in [-0.2, 0) is 9.59 Å².